The van der Waals surface area contributed by atoms with E-state index in [2.05, 4.69) is 0 Å². The van der Waals surface area contributed by atoms with Crippen LogP contribution >= 0.6 is 12.4 Å². The van der Waals surface area contributed by atoms with Gasteiger partial charge in [0, 0.05) is 25.0 Å². The Balaban J connectivity index is 0.00000192. The highest BCUT2D eigenvalue weighted by atomic mass is 35.5. The van der Waals surface area contributed by atoms with Crippen LogP contribution in [0.25, 0.3) is 0 Å². The third kappa shape index (κ3) is 4.25. The van der Waals surface area contributed by atoms with Crippen LogP contribution in [0.4, 0.5) is 0 Å². The number of benzene rings is 1. The fourth-order valence-electron chi connectivity index (χ4n) is 3.61. The number of carbonyl (C=O) groups is 1. The van der Waals surface area contributed by atoms with Gasteiger partial charge in [0.1, 0.15) is 0 Å². The van der Waals surface area contributed by atoms with E-state index < -0.39 is 6.10 Å². The van der Waals surface area contributed by atoms with Crippen LogP contribution in [0.5, 0.6) is 0 Å². The van der Waals surface area contributed by atoms with Crippen LogP contribution in [0.15, 0.2) is 30.3 Å². The van der Waals surface area contributed by atoms with Gasteiger partial charge in [-0.1, -0.05) is 30.3 Å². The van der Waals surface area contributed by atoms with Gasteiger partial charge in [-0.05, 0) is 43.6 Å². The number of hydrogen-bond acceptors (Lipinski definition) is 3. The van der Waals surface area contributed by atoms with Crippen molar-refractivity contribution in [3.8, 4) is 0 Å². The molecule has 1 aromatic rings. The summed E-state index contributed by atoms with van der Waals surface area (Å²) in [5, 5.41) is 10.5. The largest absolute Gasteiger partial charge is 0.388 e. The highest BCUT2D eigenvalue weighted by Crippen LogP contribution is 2.34. The molecule has 1 atom stereocenters. The summed E-state index contributed by atoms with van der Waals surface area (Å²) in [6.45, 7) is 1.48. The molecule has 1 aliphatic heterocycles. The van der Waals surface area contributed by atoms with Gasteiger partial charge in [-0.25, -0.2) is 0 Å². The van der Waals surface area contributed by atoms with Crippen molar-refractivity contribution in [1.82, 2.24) is 4.90 Å². The highest BCUT2D eigenvalue weighted by molar-refractivity contribution is 5.85. The van der Waals surface area contributed by atoms with Crippen LogP contribution in [0.3, 0.4) is 0 Å². The van der Waals surface area contributed by atoms with Crippen LogP contribution in [-0.2, 0) is 4.79 Å². The smallest absolute Gasteiger partial charge is 0.224 e. The van der Waals surface area contributed by atoms with Gasteiger partial charge in [-0.15, -0.1) is 12.4 Å². The Labute approximate surface area is 144 Å². The second-order valence-electron chi connectivity index (χ2n) is 6.97. The first kappa shape index (κ1) is 18.2. The Morgan fingerprint density at radius 1 is 1.26 bits per heavy atom. The van der Waals surface area contributed by atoms with Crippen molar-refractivity contribution in [2.24, 2.45) is 11.7 Å². The van der Waals surface area contributed by atoms with Gasteiger partial charge in [-0.2, -0.15) is 0 Å². The van der Waals surface area contributed by atoms with Crippen LogP contribution in [0, 0.1) is 5.92 Å². The van der Waals surface area contributed by atoms with Crippen LogP contribution in [0.2, 0.25) is 0 Å². The van der Waals surface area contributed by atoms with E-state index in [1.54, 1.807) is 0 Å². The Kier molecular flexibility index (Phi) is 6.06. The van der Waals surface area contributed by atoms with Crippen molar-refractivity contribution in [3.05, 3.63) is 35.9 Å². The lowest BCUT2D eigenvalue weighted by atomic mass is 9.75. The molecule has 2 fully saturated rings. The number of likely N-dealkylation sites (tertiary alicyclic amines) is 1. The number of carbonyl (C=O) groups excluding carboxylic acids is 1. The second-order valence-corrected chi connectivity index (χ2v) is 6.97. The number of halogens is 1. The number of amides is 1. The predicted octanol–water partition coefficient (Wildman–Crippen LogP) is 2.65. The molecular weight excluding hydrogens is 312 g/mol. The van der Waals surface area contributed by atoms with E-state index in [1.165, 1.54) is 0 Å². The lowest BCUT2D eigenvalue weighted by molar-refractivity contribution is -0.135. The molecular formula is C18H27ClN2O2. The molecule has 2 aliphatic rings. The minimum atomic E-state index is -0.425. The zero-order valence-corrected chi connectivity index (χ0v) is 14.3. The first-order chi connectivity index (χ1) is 10.6. The van der Waals surface area contributed by atoms with Crippen molar-refractivity contribution in [3.63, 3.8) is 0 Å². The topological polar surface area (TPSA) is 66.6 Å². The molecule has 3 rings (SSSR count). The zero-order valence-electron chi connectivity index (χ0n) is 13.5. The normalized spacial score (nSPS) is 21.9. The molecule has 1 amide bonds. The van der Waals surface area contributed by atoms with E-state index in [-0.39, 0.29) is 29.8 Å². The summed E-state index contributed by atoms with van der Waals surface area (Å²) in [6, 6.07) is 9.81. The van der Waals surface area contributed by atoms with Gasteiger partial charge in [0.15, 0.2) is 0 Å². The van der Waals surface area contributed by atoms with Gasteiger partial charge < -0.3 is 15.7 Å². The maximum atomic E-state index is 12.3. The molecule has 0 aromatic heterocycles. The summed E-state index contributed by atoms with van der Waals surface area (Å²) in [6.07, 6.45) is 4.88. The standard InChI is InChI=1S/C18H26N2O2.ClH/c19-18(9-4-10-18)13-16(21)20-11-7-15(8-12-20)17(22)14-5-2-1-3-6-14;/h1-3,5-6,15,17,22H,4,7-13,19H2;1H. The quantitative estimate of drug-likeness (QED) is 0.887. The average molecular weight is 339 g/mol. The van der Waals surface area contributed by atoms with Gasteiger partial charge in [0.25, 0.3) is 0 Å². The molecule has 0 radical (unpaired) electrons. The highest BCUT2D eigenvalue weighted by Gasteiger charge is 2.37. The molecule has 1 unspecified atom stereocenters. The number of hydrogen-bond donors (Lipinski definition) is 2. The molecule has 4 nitrogen and oxygen atoms in total. The van der Waals surface area contributed by atoms with E-state index in [9.17, 15) is 9.90 Å². The Morgan fingerprint density at radius 3 is 2.39 bits per heavy atom. The van der Waals surface area contributed by atoms with E-state index >= 15 is 0 Å². The first-order valence-electron chi connectivity index (χ1n) is 8.37. The lowest BCUT2D eigenvalue weighted by Crippen LogP contribution is -2.51. The summed E-state index contributed by atoms with van der Waals surface area (Å²) >= 11 is 0. The molecule has 128 valence electrons. The number of aliphatic hydroxyl groups is 1. The Hall–Kier alpha value is -1.10. The lowest BCUT2D eigenvalue weighted by Gasteiger charge is -2.40. The number of rotatable bonds is 4. The molecule has 1 heterocycles. The molecule has 3 N–H and O–H groups in total. The minimum absolute atomic E-state index is 0. The number of nitrogens with zero attached hydrogens (tertiary/aromatic N) is 1. The first-order valence-corrected chi connectivity index (χ1v) is 8.37. The average Bonchev–Trinajstić information content (AvgIpc) is 2.53. The second kappa shape index (κ2) is 7.65. The molecule has 1 saturated heterocycles. The summed E-state index contributed by atoms with van der Waals surface area (Å²) < 4.78 is 0. The molecule has 1 aliphatic carbocycles. The van der Waals surface area contributed by atoms with Gasteiger partial charge >= 0.3 is 0 Å². The van der Waals surface area contributed by atoms with E-state index in [0.717, 1.165) is 50.8 Å². The van der Waals surface area contributed by atoms with Crippen molar-refractivity contribution in [2.45, 2.75) is 50.2 Å². The number of nitrogens with two attached hydrogens (primary N) is 1. The molecule has 0 spiro atoms. The van der Waals surface area contributed by atoms with E-state index in [4.69, 9.17) is 5.73 Å². The van der Waals surface area contributed by atoms with Gasteiger partial charge in [0.2, 0.25) is 5.91 Å². The molecule has 1 aromatic carbocycles. The monoisotopic (exact) mass is 338 g/mol. The van der Waals surface area contributed by atoms with Crippen molar-refractivity contribution in [1.29, 1.82) is 0 Å². The van der Waals surface area contributed by atoms with Gasteiger partial charge in [-0.3, -0.25) is 4.79 Å². The summed E-state index contributed by atoms with van der Waals surface area (Å²) in [7, 11) is 0. The molecule has 0 bridgehead atoms. The summed E-state index contributed by atoms with van der Waals surface area (Å²) in [4.78, 5) is 14.3. The summed E-state index contributed by atoms with van der Waals surface area (Å²) in [5.41, 5.74) is 6.91. The minimum Gasteiger partial charge on any atom is -0.388 e. The molecule has 23 heavy (non-hydrogen) atoms. The number of aliphatic hydroxyl groups excluding tert-OH is 1. The molecule has 1 saturated carbocycles. The molecule has 5 heteroatoms. The van der Waals surface area contributed by atoms with Crippen molar-refractivity contribution >= 4 is 18.3 Å². The van der Waals surface area contributed by atoms with Gasteiger partial charge in [0.05, 0.1) is 6.10 Å². The van der Waals surface area contributed by atoms with E-state index in [1.807, 2.05) is 35.2 Å². The van der Waals surface area contributed by atoms with Crippen LogP contribution in [-0.4, -0.2) is 34.5 Å². The Morgan fingerprint density at radius 2 is 1.87 bits per heavy atom. The fraction of sp³-hybridized carbons (Fsp3) is 0.611. The summed E-state index contributed by atoms with van der Waals surface area (Å²) in [5.74, 6) is 0.428. The maximum absolute atomic E-state index is 12.3. The van der Waals surface area contributed by atoms with Crippen LogP contribution in [0.1, 0.15) is 50.2 Å². The Bertz CT molecular complexity index is 511. The maximum Gasteiger partial charge on any atom is 0.224 e. The third-order valence-electron chi connectivity index (χ3n) is 5.33. The fourth-order valence-corrected chi connectivity index (χ4v) is 3.61. The van der Waals surface area contributed by atoms with Crippen molar-refractivity contribution in [2.75, 3.05) is 13.1 Å². The van der Waals surface area contributed by atoms with Crippen LogP contribution < -0.4 is 5.73 Å². The van der Waals surface area contributed by atoms with Crippen molar-refractivity contribution < 1.29 is 9.90 Å². The van der Waals surface area contributed by atoms with E-state index in [0.29, 0.717) is 6.42 Å². The zero-order chi connectivity index (χ0) is 15.6. The SMILES string of the molecule is Cl.NC1(CC(=O)N2CCC(C(O)c3ccccc3)CC2)CCC1. The predicted molar refractivity (Wildman–Crippen MR) is 93.3 cm³/mol. The number of piperidine rings is 1. The third-order valence-corrected chi connectivity index (χ3v) is 5.33.